The summed E-state index contributed by atoms with van der Waals surface area (Å²) in [6.45, 7) is 1.47. The van der Waals surface area contributed by atoms with E-state index in [9.17, 15) is 9.59 Å². The Balaban J connectivity index is 1.83. The summed E-state index contributed by atoms with van der Waals surface area (Å²) in [5.74, 6) is 0.291. The van der Waals surface area contributed by atoms with Gasteiger partial charge in [0.15, 0.2) is 6.61 Å². The van der Waals surface area contributed by atoms with Crippen molar-refractivity contribution in [2.45, 2.75) is 19.3 Å². The maximum absolute atomic E-state index is 11.8. The lowest BCUT2D eigenvalue weighted by molar-refractivity contribution is -0.142. The van der Waals surface area contributed by atoms with E-state index in [2.05, 4.69) is 10.2 Å². The van der Waals surface area contributed by atoms with Gasteiger partial charge in [-0.05, 0) is 25.0 Å². The quantitative estimate of drug-likeness (QED) is 0.835. The van der Waals surface area contributed by atoms with Crippen molar-refractivity contribution in [3.8, 4) is 11.5 Å². The molecule has 1 N–H and O–H groups in total. The molecule has 1 fully saturated rings. The Morgan fingerprint density at radius 2 is 1.91 bits per heavy atom. The van der Waals surface area contributed by atoms with E-state index < -0.39 is 12.1 Å². The fraction of sp³-hybridized carbons (Fsp3) is 0.467. The van der Waals surface area contributed by atoms with Crippen molar-refractivity contribution < 1.29 is 23.8 Å². The molecule has 0 saturated carbocycles. The zero-order chi connectivity index (χ0) is 15.8. The largest absolute Gasteiger partial charge is 0.482 e. The normalized spacial score (nSPS) is 15.0. The van der Waals surface area contributed by atoms with Gasteiger partial charge in [-0.15, -0.1) is 0 Å². The molecule has 120 valence electrons. The van der Waals surface area contributed by atoms with Crippen LogP contribution in [-0.4, -0.2) is 43.9 Å². The van der Waals surface area contributed by atoms with E-state index in [0.717, 1.165) is 25.9 Å². The van der Waals surface area contributed by atoms with Gasteiger partial charge >= 0.3 is 12.1 Å². The molecule has 1 aromatic rings. The van der Waals surface area contributed by atoms with E-state index in [-0.39, 0.29) is 6.61 Å². The van der Waals surface area contributed by atoms with E-state index in [4.69, 9.17) is 9.47 Å². The Kier molecular flexibility index (Phi) is 6.02. The molecule has 7 heteroatoms. The summed E-state index contributed by atoms with van der Waals surface area (Å²) in [4.78, 5) is 22.8. The molecule has 0 radical (unpaired) electrons. The first-order chi connectivity index (χ1) is 10.7. The number of amides is 1. The second-order valence-corrected chi connectivity index (χ2v) is 4.89. The Hall–Kier alpha value is -2.28. The fourth-order valence-corrected chi connectivity index (χ4v) is 2.09. The summed E-state index contributed by atoms with van der Waals surface area (Å²) >= 11 is 0. The van der Waals surface area contributed by atoms with Crippen molar-refractivity contribution in [2.24, 2.45) is 0 Å². The molecule has 0 aromatic heterocycles. The SMILES string of the molecule is COC(=O)COc1cccc(OC(=O)NN2CCCCC2)c1. The minimum Gasteiger partial charge on any atom is -0.482 e. The van der Waals surface area contributed by atoms with Crippen molar-refractivity contribution >= 4 is 12.1 Å². The van der Waals surface area contributed by atoms with Crippen LogP contribution in [0, 0.1) is 0 Å². The number of carbonyl (C=O) groups excluding carboxylic acids is 2. The van der Waals surface area contributed by atoms with Crippen LogP contribution in [0.15, 0.2) is 24.3 Å². The minimum atomic E-state index is -0.535. The molecule has 0 atom stereocenters. The average molecular weight is 308 g/mol. The van der Waals surface area contributed by atoms with Gasteiger partial charge in [-0.3, -0.25) is 5.43 Å². The first-order valence-electron chi connectivity index (χ1n) is 7.20. The number of hydrogen-bond acceptors (Lipinski definition) is 6. The Morgan fingerprint density at radius 3 is 2.64 bits per heavy atom. The molecule has 2 rings (SSSR count). The molecular weight excluding hydrogens is 288 g/mol. The first-order valence-corrected chi connectivity index (χ1v) is 7.20. The van der Waals surface area contributed by atoms with Gasteiger partial charge in [-0.1, -0.05) is 12.5 Å². The van der Waals surface area contributed by atoms with E-state index in [1.54, 1.807) is 24.3 Å². The molecular formula is C15H20N2O5. The summed E-state index contributed by atoms with van der Waals surface area (Å²) in [6.07, 6.45) is 2.79. The Bertz CT molecular complexity index is 514. The van der Waals surface area contributed by atoms with Crippen molar-refractivity contribution in [2.75, 3.05) is 26.8 Å². The summed E-state index contributed by atoms with van der Waals surface area (Å²) in [7, 11) is 1.29. The number of hydrogen-bond donors (Lipinski definition) is 1. The zero-order valence-electron chi connectivity index (χ0n) is 12.5. The third-order valence-corrected chi connectivity index (χ3v) is 3.21. The maximum atomic E-state index is 11.8. The van der Waals surface area contributed by atoms with E-state index >= 15 is 0 Å². The second kappa shape index (κ2) is 8.23. The maximum Gasteiger partial charge on any atom is 0.427 e. The van der Waals surface area contributed by atoms with Gasteiger partial charge in [0, 0.05) is 19.2 Å². The average Bonchev–Trinajstić information content (AvgIpc) is 2.53. The van der Waals surface area contributed by atoms with Gasteiger partial charge in [0.05, 0.1) is 7.11 Å². The van der Waals surface area contributed by atoms with Crippen LogP contribution >= 0.6 is 0 Å². The number of carbonyl (C=O) groups is 2. The van der Waals surface area contributed by atoms with Crippen LogP contribution in [0.4, 0.5) is 4.79 Å². The van der Waals surface area contributed by atoms with Gasteiger partial charge in [-0.25, -0.2) is 14.6 Å². The summed E-state index contributed by atoms with van der Waals surface area (Å²) in [5.41, 5.74) is 2.70. The highest BCUT2D eigenvalue weighted by atomic mass is 16.6. The van der Waals surface area contributed by atoms with E-state index in [1.807, 2.05) is 5.01 Å². The molecule has 0 aliphatic carbocycles. The molecule has 1 saturated heterocycles. The number of rotatable bonds is 5. The smallest absolute Gasteiger partial charge is 0.427 e. The van der Waals surface area contributed by atoms with Gasteiger partial charge in [-0.2, -0.15) is 0 Å². The van der Waals surface area contributed by atoms with Gasteiger partial charge < -0.3 is 14.2 Å². The molecule has 1 aliphatic heterocycles. The number of nitrogens with zero attached hydrogens (tertiary/aromatic N) is 1. The van der Waals surface area contributed by atoms with Crippen molar-refractivity contribution in [1.29, 1.82) is 0 Å². The van der Waals surface area contributed by atoms with Crippen LogP contribution in [0.1, 0.15) is 19.3 Å². The lowest BCUT2D eigenvalue weighted by atomic mass is 10.2. The van der Waals surface area contributed by atoms with E-state index in [0.29, 0.717) is 11.5 Å². The predicted molar refractivity (Wildman–Crippen MR) is 78.5 cm³/mol. The topological polar surface area (TPSA) is 77.1 Å². The van der Waals surface area contributed by atoms with Crippen LogP contribution < -0.4 is 14.9 Å². The third-order valence-electron chi connectivity index (χ3n) is 3.21. The number of hydrazine groups is 1. The lowest BCUT2D eigenvalue weighted by Gasteiger charge is -2.26. The number of piperidine rings is 1. The predicted octanol–water partition coefficient (Wildman–Crippen LogP) is 1.73. The van der Waals surface area contributed by atoms with Crippen molar-refractivity contribution in [1.82, 2.24) is 10.4 Å². The van der Waals surface area contributed by atoms with Crippen molar-refractivity contribution in [3.63, 3.8) is 0 Å². The minimum absolute atomic E-state index is 0.195. The molecule has 0 bridgehead atoms. The van der Waals surface area contributed by atoms with E-state index in [1.165, 1.54) is 13.5 Å². The summed E-state index contributed by atoms with van der Waals surface area (Å²) < 4.78 is 14.9. The van der Waals surface area contributed by atoms with Crippen LogP contribution in [0.5, 0.6) is 11.5 Å². The van der Waals surface area contributed by atoms with Crippen LogP contribution in [0.3, 0.4) is 0 Å². The molecule has 0 spiro atoms. The number of benzene rings is 1. The van der Waals surface area contributed by atoms with Crippen molar-refractivity contribution in [3.05, 3.63) is 24.3 Å². The molecule has 1 amide bonds. The van der Waals surface area contributed by atoms with Crippen LogP contribution in [-0.2, 0) is 9.53 Å². The molecule has 1 heterocycles. The number of methoxy groups -OCH3 is 1. The highest BCUT2D eigenvalue weighted by Gasteiger charge is 2.14. The summed E-state index contributed by atoms with van der Waals surface area (Å²) in [5, 5.41) is 1.85. The fourth-order valence-electron chi connectivity index (χ4n) is 2.09. The monoisotopic (exact) mass is 308 g/mol. The Morgan fingerprint density at radius 1 is 1.18 bits per heavy atom. The molecule has 22 heavy (non-hydrogen) atoms. The zero-order valence-corrected chi connectivity index (χ0v) is 12.5. The lowest BCUT2D eigenvalue weighted by Crippen LogP contribution is -2.46. The Labute approximate surface area is 129 Å². The van der Waals surface area contributed by atoms with Gasteiger partial charge in [0.1, 0.15) is 11.5 Å². The number of ether oxygens (including phenoxy) is 3. The second-order valence-electron chi connectivity index (χ2n) is 4.89. The summed E-state index contributed by atoms with van der Waals surface area (Å²) in [6, 6.07) is 6.52. The standard InChI is InChI=1S/C15H20N2O5/c1-20-14(18)11-21-12-6-5-7-13(10-12)22-15(19)16-17-8-3-2-4-9-17/h5-7,10H,2-4,8-9,11H2,1H3,(H,16,19). The highest BCUT2D eigenvalue weighted by molar-refractivity contribution is 5.71. The van der Waals surface area contributed by atoms with Crippen LogP contribution in [0.25, 0.3) is 0 Å². The molecule has 1 aromatic carbocycles. The molecule has 1 aliphatic rings. The molecule has 7 nitrogen and oxygen atoms in total. The highest BCUT2D eigenvalue weighted by Crippen LogP contribution is 2.19. The number of nitrogens with one attached hydrogen (secondary N) is 1. The third kappa shape index (κ3) is 5.25. The first kappa shape index (κ1) is 16.1. The number of esters is 1. The van der Waals surface area contributed by atoms with Crippen LogP contribution in [0.2, 0.25) is 0 Å². The van der Waals surface area contributed by atoms with Gasteiger partial charge in [0.25, 0.3) is 0 Å². The molecule has 0 unspecified atom stereocenters. The van der Waals surface area contributed by atoms with Gasteiger partial charge in [0.2, 0.25) is 0 Å².